The lowest BCUT2D eigenvalue weighted by molar-refractivity contribution is 0.0970. The number of aryl methyl sites for hydroxylation is 1. The van der Waals surface area contributed by atoms with Crippen LogP contribution < -0.4 is 5.73 Å². The van der Waals surface area contributed by atoms with Gasteiger partial charge in [-0.25, -0.2) is 0 Å². The van der Waals surface area contributed by atoms with Crippen LogP contribution in [0.15, 0.2) is 6.20 Å². The predicted molar refractivity (Wildman–Crippen MR) is 55.5 cm³/mol. The molecule has 2 N–H and O–H groups in total. The van der Waals surface area contributed by atoms with Crippen molar-refractivity contribution in [3.8, 4) is 0 Å². The van der Waals surface area contributed by atoms with Crippen LogP contribution in [0, 0.1) is 0 Å². The number of nitrogens with zero attached hydrogens (tertiary/aromatic N) is 2. The van der Waals surface area contributed by atoms with Crippen LogP contribution in [0.25, 0.3) is 0 Å². The Morgan fingerprint density at radius 3 is 2.86 bits per heavy atom. The molecule has 1 heterocycles. The summed E-state index contributed by atoms with van der Waals surface area (Å²) in [5.74, 6) is 0.0310. The zero-order chi connectivity index (χ0) is 10.6. The molecule has 0 aliphatic carbocycles. The number of ketones is 1. The van der Waals surface area contributed by atoms with Crippen LogP contribution in [0.1, 0.15) is 29.8 Å². The van der Waals surface area contributed by atoms with Gasteiger partial charge in [-0.3, -0.25) is 9.48 Å². The van der Waals surface area contributed by atoms with E-state index in [-0.39, 0.29) is 5.78 Å². The number of carbonyl (C=O) groups is 1. The number of halogens is 1. The summed E-state index contributed by atoms with van der Waals surface area (Å²) in [7, 11) is 1.71. The normalized spacial score (nSPS) is 10.5. The SMILES string of the molecule is Cn1ncc(Cl)c1C(=O)CCCCN. The molecule has 1 rings (SSSR count). The average Bonchev–Trinajstić information content (AvgIpc) is 2.46. The Morgan fingerprint density at radius 1 is 1.64 bits per heavy atom. The minimum absolute atomic E-state index is 0.0310. The molecule has 14 heavy (non-hydrogen) atoms. The Morgan fingerprint density at radius 2 is 2.36 bits per heavy atom. The second-order valence-corrected chi connectivity index (χ2v) is 3.54. The third-order valence-electron chi connectivity index (χ3n) is 2.02. The largest absolute Gasteiger partial charge is 0.330 e. The van der Waals surface area contributed by atoms with Crippen molar-refractivity contribution in [2.75, 3.05) is 6.54 Å². The van der Waals surface area contributed by atoms with Crippen molar-refractivity contribution in [1.29, 1.82) is 0 Å². The Bertz CT molecular complexity index is 302. The monoisotopic (exact) mass is 215 g/mol. The van der Waals surface area contributed by atoms with E-state index in [1.165, 1.54) is 10.9 Å². The summed E-state index contributed by atoms with van der Waals surface area (Å²) >= 11 is 5.82. The van der Waals surface area contributed by atoms with Gasteiger partial charge in [-0.1, -0.05) is 11.6 Å². The summed E-state index contributed by atoms with van der Waals surface area (Å²) in [5.41, 5.74) is 5.83. The van der Waals surface area contributed by atoms with Gasteiger partial charge in [0, 0.05) is 13.5 Å². The number of Topliss-reactive ketones (excluding diaryl/α,β-unsaturated/α-hetero) is 1. The van der Waals surface area contributed by atoms with Crippen LogP contribution in [0.2, 0.25) is 5.02 Å². The third-order valence-corrected chi connectivity index (χ3v) is 2.29. The molecule has 5 heteroatoms. The summed E-state index contributed by atoms with van der Waals surface area (Å²) in [6.07, 6.45) is 3.63. The van der Waals surface area contributed by atoms with E-state index in [9.17, 15) is 4.79 Å². The van der Waals surface area contributed by atoms with Gasteiger partial charge in [0.15, 0.2) is 5.78 Å². The van der Waals surface area contributed by atoms with Crippen LogP contribution in [0.5, 0.6) is 0 Å². The number of carbonyl (C=O) groups excluding carboxylic acids is 1. The van der Waals surface area contributed by atoms with Crippen LogP contribution in [0.3, 0.4) is 0 Å². The highest BCUT2D eigenvalue weighted by Gasteiger charge is 2.14. The second kappa shape index (κ2) is 5.12. The van der Waals surface area contributed by atoms with Gasteiger partial charge in [-0.05, 0) is 19.4 Å². The topological polar surface area (TPSA) is 60.9 Å². The van der Waals surface area contributed by atoms with Crippen molar-refractivity contribution in [2.24, 2.45) is 12.8 Å². The molecule has 1 aromatic rings. The summed E-state index contributed by atoms with van der Waals surface area (Å²) in [6.45, 7) is 0.617. The molecule has 4 nitrogen and oxygen atoms in total. The highest BCUT2D eigenvalue weighted by atomic mass is 35.5. The first kappa shape index (κ1) is 11.2. The molecule has 0 spiro atoms. The highest BCUT2D eigenvalue weighted by molar-refractivity contribution is 6.33. The molecular formula is C9H14ClN3O. The number of nitrogens with two attached hydrogens (primary N) is 1. The van der Waals surface area contributed by atoms with Gasteiger partial charge in [0.25, 0.3) is 0 Å². The van der Waals surface area contributed by atoms with Crippen LogP contribution in [0.4, 0.5) is 0 Å². The Labute approximate surface area is 88.0 Å². The van der Waals surface area contributed by atoms with Crippen molar-refractivity contribution < 1.29 is 4.79 Å². The lowest BCUT2D eigenvalue weighted by atomic mass is 10.1. The van der Waals surface area contributed by atoms with E-state index in [0.29, 0.717) is 23.7 Å². The van der Waals surface area contributed by atoms with Gasteiger partial charge in [-0.15, -0.1) is 0 Å². The van der Waals surface area contributed by atoms with Gasteiger partial charge >= 0.3 is 0 Å². The molecule has 0 aliphatic heterocycles. The average molecular weight is 216 g/mol. The van der Waals surface area contributed by atoms with Gasteiger partial charge in [-0.2, -0.15) is 5.10 Å². The zero-order valence-electron chi connectivity index (χ0n) is 8.16. The van der Waals surface area contributed by atoms with Crippen LogP contribution >= 0.6 is 11.6 Å². The minimum atomic E-state index is 0.0310. The molecule has 0 aliphatic rings. The first-order chi connectivity index (χ1) is 6.66. The van der Waals surface area contributed by atoms with E-state index in [1.54, 1.807) is 7.05 Å². The molecule has 0 aromatic carbocycles. The number of aromatic nitrogens is 2. The molecule has 0 fully saturated rings. The predicted octanol–water partition coefficient (Wildman–Crippen LogP) is 1.39. The maximum atomic E-state index is 11.6. The van der Waals surface area contributed by atoms with Gasteiger partial charge in [0.1, 0.15) is 5.69 Å². The van der Waals surface area contributed by atoms with Gasteiger partial charge in [0.05, 0.1) is 11.2 Å². The number of rotatable bonds is 5. The highest BCUT2D eigenvalue weighted by Crippen LogP contribution is 2.16. The molecule has 1 aromatic heterocycles. The zero-order valence-corrected chi connectivity index (χ0v) is 8.92. The van der Waals surface area contributed by atoms with Crippen molar-refractivity contribution in [3.63, 3.8) is 0 Å². The molecule has 0 saturated carbocycles. The fourth-order valence-electron chi connectivity index (χ4n) is 1.27. The van der Waals surface area contributed by atoms with E-state index in [2.05, 4.69) is 5.10 Å². The maximum Gasteiger partial charge on any atom is 0.182 e. The van der Waals surface area contributed by atoms with Crippen LogP contribution in [-0.2, 0) is 7.05 Å². The smallest absolute Gasteiger partial charge is 0.182 e. The Hall–Kier alpha value is -0.870. The van der Waals surface area contributed by atoms with Crippen molar-refractivity contribution in [2.45, 2.75) is 19.3 Å². The van der Waals surface area contributed by atoms with Crippen molar-refractivity contribution >= 4 is 17.4 Å². The fraction of sp³-hybridized carbons (Fsp3) is 0.556. The lowest BCUT2D eigenvalue weighted by Gasteiger charge is -2.01. The molecule has 0 amide bonds. The summed E-state index contributed by atoms with van der Waals surface area (Å²) in [6, 6.07) is 0. The summed E-state index contributed by atoms with van der Waals surface area (Å²) in [4.78, 5) is 11.6. The molecule has 0 bridgehead atoms. The quantitative estimate of drug-likeness (QED) is 0.597. The van der Waals surface area contributed by atoms with E-state index >= 15 is 0 Å². The van der Waals surface area contributed by atoms with E-state index in [1.807, 2.05) is 0 Å². The number of unbranched alkanes of at least 4 members (excludes halogenated alkanes) is 1. The molecule has 0 saturated heterocycles. The first-order valence-corrected chi connectivity index (χ1v) is 4.95. The van der Waals surface area contributed by atoms with E-state index in [4.69, 9.17) is 17.3 Å². The van der Waals surface area contributed by atoms with Gasteiger partial charge in [0.2, 0.25) is 0 Å². The van der Waals surface area contributed by atoms with Crippen molar-refractivity contribution in [3.05, 3.63) is 16.9 Å². The lowest BCUT2D eigenvalue weighted by Crippen LogP contribution is -2.08. The maximum absolute atomic E-state index is 11.6. The molecular weight excluding hydrogens is 202 g/mol. The number of hydrogen-bond donors (Lipinski definition) is 1. The first-order valence-electron chi connectivity index (χ1n) is 4.57. The molecule has 0 atom stereocenters. The van der Waals surface area contributed by atoms with E-state index < -0.39 is 0 Å². The number of hydrogen-bond acceptors (Lipinski definition) is 3. The summed E-state index contributed by atoms with van der Waals surface area (Å²) < 4.78 is 1.51. The second-order valence-electron chi connectivity index (χ2n) is 3.13. The summed E-state index contributed by atoms with van der Waals surface area (Å²) in [5, 5.41) is 4.33. The molecule has 0 radical (unpaired) electrons. The standard InChI is InChI=1S/C9H14ClN3O/c1-13-9(7(10)6-12-13)8(14)4-2-3-5-11/h6H,2-5,11H2,1H3. The van der Waals surface area contributed by atoms with E-state index in [0.717, 1.165) is 12.8 Å². The Kier molecular flexibility index (Phi) is 4.10. The van der Waals surface area contributed by atoms with Crippen LogP contribution in [-0.4, -0.2) is 22.1 Å². The fourth-order valence-corrected chi connectivity index (χ4v) is 1.54. The van der Waals surface area contributed by atoms with Gasteiger partial charge < -0.3 is 5.73 Å². The Balaban J connectivity index is 2.60. The third kappa shape index (κ3) is 2.56. The molecule has 0 unspecified atom stereocenters. The van der Waals surface area contributed by atoms with Crippen molar-refractivity contribution in [1.82, 2.24) is 9.78 Å². The molecule has 78 valence electrons. The minimum Gasteiger partial charge on any atom is -0.330 e.